The van der Waals surface area contributed by atoms with Gasteiger partial charge < -0.3 is 10.3 Å². The van der Waals surface area contributed by atoms with Crippen LogP contribution in [0.25, 0.3) is 37.8 Å². The highest BCUT2D eigenvalue weighted by atomic mass is 16.5. The van der Waals surface area contributed by atoms with Crippen molar-refractivity contribution in [1.29, 1.82) is 0 Å². The van der Waals surface area contributed by atoms with Gasteiger partial charge in [-0.25, -0.2) is 4.79 Å². The first-order valence-corrected chi connectivity index (χ1v) is 6.84. The Labute approximate surface area is 125 Å². The molecule has 0 aromatic heterocycles. The number of benzene rings is 4. The van der Waals surface area contributed by atoms with Gasteiger partial charge in [0.15, 0.2) is 0 Å². The zero-order chi connectivity index (χ0) is 15.1. The van der Waals surface area contributed by atoms with Crippen molar-refractivity contribution < 1.29 is 14.3 Å². The smallest absolute Gasteiger partial charge is 0.418 e. The number of hydrogen-bond donors (Lipinski definition) is 0. The summed E-state index contributed by atoms with van der Waals surface area (Å²) in [6.07, 6.45) is 0.734. The van der Waals surface area contributed by atoms with Crippen molar-refractivity contribution in [3.63, 3.8) is 0 Å². The number of carbonyl (C=O) groups is 1. The van der Waals surface area contributed by atoms with Crippen LogP contribution in [-0.2, 0) is 4.79 Å². The predicted octanol–water partition coefficient (Wildman–Crippen LogP) is 3.79. The third-order valence-electron chi connectivity index (χ3n) is 3.86. The van der Waals surface area contributed by atoms with E-state index in [0.717, 1.165) is 38.5 Å². The molecule has 0 radical (unpaired) electrons. The van der Waals surface area contributed by atoms with E-state index in [1.165, 1.54) is 0 Å². The van der Waals surface area contributed by atoms with Gasteiger partial charge in [0.1, 0.15) is 5.75 Å². The minimum absolute atomic E-state index is 0.454. The molecule has 4 heteroatoms. The molecule has 0 atom stereocenters. The van der Waals surface area contributed by atoms with Gasteiger partial charge in [-0.3, -0.25) is 0 Å². The van der Waals surface area contributed by atoms with Crippen LogP contribution >= 0.6 is 0 Å². The second-order valence-electron chi connectivity index (χ2n) is 5.09. The molecule has 0 amide bonds. The molecule has 4 aromatic rings. The van der Waals surface area contributed by atoms with Gasteiger partial charge in [0.25, 0.3) is 0 Å². The largest absolute Gasteiger partial charge is 0.419 e. The minimum Gasteiger partial charge on any atom is -0.418 e. The summed E-state index contributed by atoms with van der Waals surface area (Å²) < 4.78 is 5.26. The zero-order valence-corrected chi connectivity index (χ0v) is 11.5. The van der Waals surface area contributed by atoms with E-state index in [-0.39, 0.29) is 0 Å². The van der Waals surface area contributed by atoms with Crippen LogP contribution in [0.3, 0.4) is 0 Å². The first-order chi connectivity index (χ1) is 10.8. The Kier molecular flexibility index (Phi) is 2.65. The van der Waals surface area contributed by atoms with Crippen LogP contribution in [0.15, 0.2) is 54.6 Å². The molecule has 0 saturated carbocycles. The highest BCUT2D eigenvalue weighted by Crippen LogP contribution is 2.38. The number of esters is 1. The second kappa shape index (κ2) is 4.65. The molecule has 0 aliphatic carbocycles. The Morgan fingerprint density at radius 1 is 0.909 bits per heavy atom. The van der Waals surface area contributed by atoms with Crippen LogP contribution < -0.4 is 4.74 Å². The van der Waals surface area contributed by atoms with E-state index in [1.807, 2.05) is 24.3 Å². The van der Waals surface area contributed by atoms with Crippen LogP contribution in [0, 0.1) is 0 Å². The normalized spacial score (nSPS) is 10.9. The molecule has 4 aromatic carbocycles. The lowest BCUT2D eigenvalue weighted by Crippen LogP contribution is -2.09. The third-order valence-corrected chi connectivity index (χ3v) is 3.86. The SMILES string of the molecule is [N-]=[N+]=CC(=O)Oc1ccc2ccc3cccc4ccc1c2c34. The Balaban J connectivity index is 2.08. The Hall–Kier alpha value is -3.23. The summed E-state index contributed by atoms with van der Waals surface area (Å²) in [6, 6.07) is 18.0. The van der Waals surface area contributed by atoms with Crippen LogP contribution in [0.4, 0.5) is 0 Å². The lowest BCUT2D eigenvalue weighted by molar-refractivity contribution is -0.130. The molecule has 0 fully saturated rings. The summed E-state index contributed by atoms with van der Waals surface area (Å²) in [6.45, 7) is 0. The molecule has 0 aliphatic heterocycles. The molecule has 4 nitrogen and oxygen atoms in total. The summed E-state index contributed by atoms with van der Waals surface area (Å²) in [5.74, 6) is -0.256. The van der Waals surface area contributed by atoms with Gasteiger partial charge in [-0.05, 0) is 33.7 Å². The van der Waals surface area contributed by atoms with Crippen molar-refractivity contribution in [3.05, 3.63) is 60.1 Å². The van der Waals surface area contributed by atoms with Gasteiger partial charge in [0.2, 0.25) is 0 Å². The molecular weight excluding hydrogens is 276 g/mol. The van der Waals surface area contributed by atoms with Crippen molar-refractivity contribution in [2.24, 2.45) is 0 Å². The first kappa shape index (κ1) is 12.5. The van der Waals surface area contributed by atoms with Crippen LogP contribution in [0.1, 0.15) is 0 Å². The van der Waals surface area contributed by atoms with Crippen LogP contribution in [0.5, 0.6) is 5.75 Å². The van der Waals surface area contributed by atoms with Gasteiger partial charge >= 0.3 is 12.2 Å². The molecule has 104 valence electrons. The average Bonchev–Trinajstić information content (AvgIpc) is 2.54. The van der Waals surface area contributed by atoms with E-state index < -0.39 is 5.97 Å². The van der Waals surface area contributed by atoms with E-state index in [9.17, 15) is 4.79 Å². The molecule has 22 heavy (non-hydrogen) atoms. The number of rotatable bonds is 2. The quantitative estimate of drug-likeness (QED) is 0.140. The van der Waals surface area contributed by atoms with Crippen molar-refractivity contribution in [1.82, 2.24) is 0 Å². The molecule has 0 heterocycles. The zero-order valence-electron chi connectivity index (χ0n) is 11.5. The highest BCUT2D eigenvalue weighted by molar-refractivity contribution is 6.25. The van der Waals surface area contributed by atoms with Gasteiger partial charge in [-0.2, -0.15) is 4.79 Å². The summed E-state index contributed by atoms with van der Waals surface area (Å²) in [5, 5.41) is 6.48. The van der Waals surface area contributed by atoms with Crippen molar-refractivity contribution in [3.8, 4) is 5.75 Å². The molecule has 0 N–H and O–H groups in total. The highest BCUT2D eigenvalue weighted by Gasteiger charge is 2.14. The number of nitrogens with zero attached hydrogens (tertiary/aromatic N) is 2. The summed E-state index contributed by atoms with van der Waals surface area (Å²) in [5.41, 5.74) is 8.42. The monoisotopic (exact) mass is 286 g/mol. The van der Waals surface area contributed by atoms with E-state index in [4.69, 9.17) is 10.3 Å². The topological polar surface area (TPSA) is 62.7 Å². The number of ether oxygens (including phenoxy) is 1. The molecule has 0 aliphatic rings. The maximum atomic E-state index is 11.5. The lowest BCUT2D eigenvalue weighted by Gasteiger charge is -2.12. The van der Waals surface area contributed by atoms with E-state index in [1.54, 1.807) is 6.07 Å². The van der Waals surface area contributed by atoms with E-state index >= 15 is 0 Å². The molecule has 0 bridgehead atoms. The predicted molar refractivity (Wildman–Crippen MR) is 85.5 cm³/mol. The molecule has 0 spiro atoms. The molecule has 0 saturated heterocycles. The maximum Gasteiger partial charge on any atom is 0.419 e. The molecule has 0 unspecified atom stereocenters. The molecule has 4 rings (SSSR count). The number of carbonyl (C=O) groups excluding carboxylic acids is 1. The fraction of sp³-hybridized carbons (Fsp3) is 0. The number of hydrogen-bond acceptors (Lipinski definition) is 2. The van der Waals surface area contributed by atoms with E-state index in [2.05, 4.69) is 29.1 Å². The molecular formula is C18H10N2O2. The summed E-state index contributed by atoms with van der Waals surface area (Å²) in [4.78, 5) is 14.2. The van der Waals surface area contributed by atoms with Gasteiger partial charge in [0.05, 0.1) is 0 Å². The minimum atomic E-state index is -0.711. The van der Waals surface area contributed by atoms with Crippen LogP contribution in [0.2, 0.25) is 0 Å². The average molecular weight is 286 g/mol. The second-order valence-corrected chi connectivity index (χ2v) is 5.09. The summed E-state index contributed by atoms with van der Waals surface area (Å²) in [7, 11) is 0. The first-order valence-electron chi connectivity index (χ1n) is 6.84. The van der Waals surface area contributed by atoms with Crippen molar-refractivity contribution in [2.45, 2.75) is 0 Å². The fourth-order valence-electron chi connectivity index (χ4n) is 2.98. The van der Waals surface area contributed by atoms with Crippen LogP contribution in [-0.4, -0.2) is 17.0 Å². The standard InChI is InChI=1S/C18H10N2O2/c19-20-10-16(21)22-15-9-7-13-5-4-11-2-1-3-12-6-8-14(15)18(13)17(11)12/h1-10H. The Morgan fingerprint density at radius 2 is 1.55 bits per heavy atom. The van der Waals surface area contributed by atoms with Gasteiger partial charge in [0, 0.05) is 10.8 Å². The van der Waals surface area contributed by atoms with E-state index in [0.29, 0.717) is 5.75 Å². The van der Waals surface area contributed by atoms with Crippen molar-refractivity contribution in [2.75, 3.05) is 0 Å². The fourth-order valence-corrected chi connectivity index (χ4v) is 2.98. The summed E-state index contributed by atoms with van der Waals surface area (Å²) >= 11 is 0. The van der Waals surface area contributed by atoms with Gasteiger partial charge in [-0.15, -0.1) is 0 Å². The maximum absolute atomic E-state index is 11.5. The Morgan fingerprint density at radius 3 is 2.27 bits per heavy atom. The third kappa shape index (κ3) is 1.75. The Bertz CT molecular complexity index is 1060. The van der Waals surface area contributed by atoms with Gasteiger partial charge in [-0.1, -0.05) is 42.5 Å². The lowest BCUT2D eigenvalue weighted by atomic mass is 9.94. The van der Waals surface area contributed by atoms with Crippen molar-refractivity contribution >= 4 is 44.5 Å².